The first-order valence-corrected chi connectivity index (χ1v) is 4.42. The van der Waals surface area contributed by atoms with Crippen LogP contribution in [0.3, 0.4) is 0 Å². The first kappa shape index (κ1) is 9.78. The Balaban J connectivity index is 2.74. The fourth-order valence-electron chi connectivity index (χ4n) is 1.21. The van der Waals surface area contributed by atoms with Crippen molar-refractivity contribution in [3.63, 3.8) is 0 Å². The molecule has 0 aliphatic heterocycles. The molecule has 0 saturated heterocycles. The molecule has 2 heteroatoms. The van der Waals surface area contributed by atoms with Crippen molar-refractivity contribution in [3.05, 3.63) is 35.5 Å². The van der Waals surface area contributed by atoms with E-state index in [9.17, 15) is 4.79 Å². The molecule has 0 unspecified atom stereocenters. The smallest absolute Gasteiger partial charge is 0.334 e. The van der Waals surface area contributed by atoms with Crippen molar-refractivity contribution >= 4 is 5.97 Å². The van der Waals surface area contributed by atoms with Crippen LogP contribution in [0, 0.1) is 0 Å². The van der Waals surface area contributed by atoms with Gasteiger partial charge in [0.15, 0.2) is 0 Å². The van der Waals surface area contributed by atoms with E-state index in [2.05, 4.69) is 17.7 Å². The molecule has 0 aromatic heterocycles. The molecule has 0 radical (unpaired) electrons. The van der Waals surface area contributed by atoms with Crippen LogP contribution >= 0.6 is 0 Å². The summed E-state index contributed by atoms with van der Waals surface area (Å²) in [6, 6.07) is 0. The maximum Gasteiger partial charge on any atom is 0.334 e. The van der Waals surface area contributed by atoms with E-state index in [4.69, 9.17) is 0 Å². The predicted octanol–water partition coefficient (Wildman–Crippen LogP) is 2.38. The third kappa shape index (κ3) is 2.58. The Labute approximate surface area is 78.6 Å². The van der Waals surface area contributed by atoms with E-state index in [0.29, 0.717) is 12.0 Å². The number of hydrogen-bond acceptors (Lipinski definition) is 2. The number of ether oxygens (including phenoxy) is 1. The minimum Gasteiger partial charge on any atom is -0.466 e. The van der Waals surface area contributed by atoms with Gasteiger partial charge >= 0.3 is 5.97 Å². The lowest BCUT2D eigenvalue weighted by molar-refractivity contribution is -0.136. The van der Waals surface area contributed by atoms with E-state index >= 15 is 0 Å². The molecule has 70 valence electrons. The number of carbonyl (C=O) groups excluding carboxylic acids is 1. The highest BCUT2D eigenvalue weighted by atomic mass is 16.5. The lowest BCUT2D eigenvalue weighted by Crippen LogP contribution is -2.03. The van der Waals surface area contributed by atoms with Gasteiger partial charge in [-0.05, 0) is 12.8 Å². The standard InChI is InChI=1S/C11H14O2/c1-3-9-5-4-6-10(8-7-9)11(12)13-2/h4-7H,3,8H2,1-2H3. The second-order valence-electron chi connectivity index (χ2n) is 2.88. The first-order chi connectivity index (χ1) is 6.27. The SMILES string of the molecule is CCC1=CCC(C(=O)OC)=CC=C1. The lowest BCUT2D eigenvalue weighted by atomic mass is 10.1. The molecule has 0 atom stereocenters. The van der Waals surface area contributed by atoms with Crippen LogP contribution in [-0.2, 0) is 9.53 Å². The zero-order valence-corrected chi connectivity index (χ0v) is 8.04. The lowest BCUT2D eigenvalue weighted by Gasteiger charge is -1.99. The molecule has 0 heterocycles. The summed E-state index contributed by atoms with van der Waals surface area (Å²) < 4.78 is 4.64. The van der Waals surface area contributed by atoms with Gasteiger partial charge in [0.25, 0.3) is 0 Å². The van der Waals surface area contributed by atoms with Crippen molar-refractivity contribution in [2.75, 3.05) is 7.11 Å². The van der Waals surface area contributed by atoms with Gasteiger partial charge in [0.05, 0.1) is 7.11 Å². The van der Waals surface area contributed by atoms with Crippen LogP contribution in [0.5, 0.6) is 0 Å². The second kappa shape index (κ2) is 4.65. The van der Waals surface area contributed by atoms with Gasteiger partial charge in [0.1, 0.15) is 0 Å². The van der Waals surface area contributed by atoms with Gasteiger partial charge in [-0.15, -0.1) is 0 Å². The molecule has 0 saturated carbocycles. The average Bonchev–Trinajstić information content (AvgIpc) is 2.41. The van der Waals surface area contributed by atoms with Gasteiger partial charge in [-0.3, -0.25) is 0 Å². The number of allylic oxidation sites excluding steroid dienone is 5. The maximum atomic E-state index is 11.2. The van der Waals surface area contributed by atoms with Crippen molar-refractivity contribution in [1.82, 2.24) is 0 Å². The number of rotatable bonds is 2. The van der Waals surface area contributed by atoms with E-state index in [1.165, 1.54) is 12.7 Å². The summed E-state index contributed by atoms with van der Waals surface area (Å²) >= 11 is 0. The van der Waals surface area contributed by atoms with Crippen LogP contribution in [0.15, 0.2) is 35.5 Å². The van der Waals surface area contributed by atoms with E-state index in [-0.39, 0.29) is 5.97 Å². The van der Waals surface area contributed by atoms with Gasteiger partial charge in [0.2, 0.25) is 0 Å². The van der Waals surface area contributed by atoms with Crippen molar-refractivity contribution in [2.45, 2.75) is 19.8 Å². The third-order valence-corrected chi connectivity index (χ3v) is 2.05. The van der Waals surface area contributed by atoms with Crippen molar-refractivity contribution in [3.8, 4) is 0 Å². The van der Waals surface area contributed by atoms with Crippen LogP contribution in [0.1, 0.15) is 19.8 Å². The Bertz CT molecular complexity index is 282. The minimum absolute atomic E-state index is 0.238. The molecule has 0 fully saturated rings. The van der Waals surface area contributed by atoms with Crippen LogP contribution in [-0.4, -0.2) is 13.1 Å². The molecule has 0 aromatic rings. The van der Waals surface area contributed by atoms with Crippen LogP contribution in [0.4, 0.5) is 0 Å². The highest BCUT2D eigenvalue weighted by Crippen LogP contribution is 2.14. The van der Waals surface area contributed by atoms with Crippen molar-refractivity contribution < 1.29 is 9.53 Å². The number of esters is 1. The van der Waals surface area contributed by atoms with Gasteiger partial charge in [-0.2, -0.15) is 0 Å². The Morgan fingerprint density at radius 1 is 1.62 bits per heavy atom. The van der Waals surface area contributed by atoms with Gasteiger partial charge in [-0.25, -0.2) is 4.79 Å². The third-order valence-electron chi connectivity index (χ3n) is 2.05. The molecule has 1 aliphatic rings. The Morgan fingerprint density at radius 2 is 2.38 bits per heavy atom. The normalized spacial score (nSPS) is 15.8. The molecule has 1 aliphatic carbocycles. The molecular formula is C11H14O2. The molecule has 0 amide bonds. The zero-order chi connectivity index (χ0) is 9.68. The van der Waals surface area contributed by atoms with Gasteiger partial charge in [0, 0.05) is 5.57 Å². The van der Waals surface area contributed by atoms with Crippen LogP contribution in [0.25, 0.3) is 0 Å². The molecule has 0 bridgehead atoms. The molecular weight excluding hydrogens is 164 g/mol. The molecule has 1 rings (SSSR count). The summed E-state index contributed by atoms with van der Waals surface area (Å²) in [7, 11) is 1.40. The first-order valence-electron chi connectivity index (χ1n) is 4.42. The summed E-state index contributed by atoms with van der Waals surface area (Å²) in [4.78, 5) is 11.2. The zero-order valence-electron chi connectivity index (χ0n) is 8.04. The van der Waals surface area contributed by atoms with Gasteiger partial charge in [-0.1, -0.05) is 36.8 Å². The van der Waals surface area contributed by atoms with Gasteiger partial charge < -0.3 is 4.74 Å². The fraction of sp³-hybridized carbons (Fsp3) is 0.364. The number of methoxy groups -OCH3 is 1. The molecule has 0 aromatic carbocycles. The highest BCUT2D eigenvalue weighted by molar-refractivity contribution is 5.89. The summed E-state index contributed by atoms with van der Waals surface area (Å²) in [5.41, 5.74) is 1.97. The largest absolute Gasteiger partial charge is 0.466 e. The van der Waals surface area contributed by atoms with Crippen molar-refractivity contribution in [2.24, 2.45) is 0 Å². The number of carbonyl (C=O) groups is 1. The van der Waals surface area contributed by atoms with E-state index in [1.807, 2.05) is 18.2 Å². The minimum atomic E-state index is -0.238. The monoisotopic (exact) mass is 178 g/mol. The Morgan fingerprint density at radius 3 is 3.00 bits per heavy atom. The number of hydrogen-bond donors (Lipinski definition) is 0. The quantitative estimate of drug-likeness (QED) is 0.607. The van der Waals surface area contributed by atoms with Crippen LogP contribution < -0.4 is 0 Å². The second-order valence-corrected chi connectivity index (χ2v) is 2.88. The van der Waals surface area contributed by atoms with E-state index in [1.54, 1.807) is 0 Å². The Kier molecular flexibility index (Phi) is 3.50. The fourth-order valence-corrected chi connectivity index (χ4v) is 1.21. The molecule has 0 spiro atoms. The molecule has 13 heavy (non-hydrogen) atoms. The highest BCUT2D eigenvalue weighted by Gasteiger charge is 2.08. The van der Waals surface area contributed by atoms with Crippen LogP contribution in [0.2, 0.25) is 0 Å². The Hall–Kier alpha value is -1.31. The van der Waals surface area contributed by atoms with E-state index in [0.717, 1.165) is 6.42 Å². The summed E-state index contributed by atoms with van der Waals surface area (Å²) in [6.07, 6.45) is 9.46. The van der Waals surface area contributed by atoms with Crippen molar-refractivity contribution in [1.29, 1.82) is 0 Å². The molecule has 2 nitrogen and oxygen atoms in total. The topological polar surface area (TPSA) is 26.3 Å². The molecule has 0 N–H and O–H groups in total. The summed E-state index contributed by atoms with van der Waals surface area (Å²) in [5.74, 6) is -0.238. The summed E-state index contributed by atoms with van der Waals surface area (Å²) in [6.45, 7) is 2.10. The maximum absolute atomic E-state index is 11.2. The summed E-state index contributed by atoms with van der Waals surface area (Å²) in [5, 5.41) is 0. The predicted molar refractivity (Wildman–Crippen MR) is 52.2 cm³/mol. The van der Waals surface area contributed by atoms with E-state index < -0.39 is 0 Å². The average molecular weight is 178 g/mol.